The van der Waals surface area contributed by atoms with Crippen LogP contribution in [0, 0.1) is 0 Å². The average Bonchev–Trinajstić information content (AvgIpc) is 3.42. The first-order chi connectivity index (χ1) is 15.1. The van der Waals surface area contributed by atoms with Crippen molar-refractivity contribution in [2.75, 3.05) is 0 Å². The Bertz CT molecular complexity index is 1200. The zero-order chi connectivity index (χ0) is 24.3. The highest BCUT2D eigenvalue weighted by atomic mass is 32.2. The Balaban J connectivity index is 1.81. The van der Waals surface area contributed by atoms with Gasteiger partial charge in [-0.3, -0.25) is 4.79 Å². The minimum Gasteiger partial charge on any atom is -0.375 e. The molecule has 4 atom stereocenters. The number of fused-ring (bicyclic) bond motifs is 10. The Labute approximate surface area is 183 Å². The highest BCUT2D eigenvalue weighted by Crippen LogP contribution is 2.67. The number of rotatable bonds is 4. The number of benzene rings is 1. The molecule has 0 N–H and O–H groups in total. The maximum Gasteiger partial charge on any atom is 0.534 e. The van der Waals surface area contributed by atoms with E-state index in [1.165, 1.54) is 0 Å². The smallest absolute Gasteiger partial charge is 0.375 e. The molecule has 4 aliphatic rings. The molecule has 1 aromatic rings. The van der Waals surface area contributed by atoms with Crippen LogP contribution in [0.5, 0.6) is 11.5 Å². The van der Waals surface area contributed by atoms with E-state index in [-0.39, 0.29) is 41.5 Å². The van der Waals surface area contributed by atoms with Crippen LogP contribution in [0.25, 0.3) is 0 Å². The first-order valence-corrected chi connectivity index (χ1v) is 12.7. The van der Waals surface area contributed by atoms with Crippen LogP contribution in [0.15, 0.2) is 0 Å². The fourth-order valence-corrected chi connectivity index (χ4v) is 6.70. The largest absolute Gasteiger partial charge is 0.534 e. The summed E-state index contributed by atoms with van der Waals surface area (Å²) in [4.78, 5) is 12.7. The number of hydrogen-bond donors (Lipinski definition) is 0. The summed E-state index contributed by atoms with van der Waals surface area (Å²) < 4.78 is 135. The summed E-state index contributed by atoms with van der Waals surface area (Å²) in [5.74, 6) is -5.38. The van der Waals surface area contributed by atoms with Gasteiger partial charge in [0.2, 0.25) is 0 Å². The van der Waals surface area contributed by atoms with Crippen LogP contribution in [0.4, 0.5) is 26.3 Å². The molecule has 33 heavy (non-hydrogen) atoms. The fourth-order valence-electron chi connectivity index (χ4n) is 5.72. The van der Waals surface area contributed by atoms with Crippen molar-refractivity contribution in [3.05, 3.63) is 22.3 Å². The SMILES string of the molecule is O=C1[C@H]2CC[C@@H]1c1c(OS(=O)(=O)C(F)(F)F)c3c(c(OS(=O)(=O)C(F)(F)F)c12)[C@@H]1CC[C@H]3C1. The molecule has 4 bridgehead atoms. The lowest BCUT2D eigenvalue weighted by Gasteiger charge is -2.29. The van der Waals surface area contributed by atoms with Crippen molar-refractivity contribution in [2.24, 2.45) is 0 Å². The lowest BCUT2D eigenvalue weighted by molar-refractivity contribution is -0.119. The molecule has 2 saturated carbocycles. The predicted octanol–water partition coefficient (Wildman–Crippen LogP) is 4.05. The van der Waals surface area contributed by atoms with Gasteiger partial charge in [0.15, 0.2) is 11.5 Å². The Morgan fingerprint density at radius 3 is 1.33 bits per heavy atom. The maximum absolute atomic E-state index is 13.1. The van der Waals surface area contributed by atoms with E-state index < -0.39 is 72.2 Å². The summed E-state index contributed by atoms with van der Waals surface area (Å²) in [5, 5.41) is 0. The molecule has 182 valence electrons. The fraction of sp³-hybridized carbons (Fsp3) is 0.611. The van der Waals surface area contributed by atoms with E-state index in [2.05, 4.69) is 8.37 Å². The van der Waals surface area contributed by atoms with E-state index in [0.717, 1.165) is 0 Å². The molecular weight excluding hydrogens is 506 g/mol. The average molecular weight is 520 g/mol. The minimum absolute atomic E-state index is 0.108. The van der Waals surface area contributed by atoms with Crippen molar-refractivity contribution in [1.29, 1.82) is 0 Å². The van der Waals surface area contributed by atoms with Crippen molar-refractivity contribution >= 4 is 26.0 Å². The topological polar surface area (TPSA) is 104 Å². The number of Topliss-reactive ketones (excluding diaryl/α,β-unsaturated/α-hetero) is 1. The van der Waals surface area contributed by atoms with Crippen molar-refractivity contribution in [3.63, 3.8) is 0 Å². The molecule has 0 saturated heterocycles. The summed E-state index contributed by atoms with van der Waals surface area (Å²) in [6.45, 7) is 0. The van der Waals surface area contributed by atoms with Crippen LogP contribution in [0.2, 0.25) is 0 Å². The van der Waals surface area contributed by atoms with E-state index in [4.69, 9.17) is 0 Å². The molecule has 15 heteroatoms. The second kappa shape index (κ2) is 6.55. The summed E-state index contributed by atoms with van der Waals surface area (Å²) in [6, 6.07) is 0. The highest BCUT2D eigenvalue weighted by Gasteiger charge is 2.58. The molecule has 1 aromatic carbocycles. The maximum atomic E-state index is 13.1. The molecule has 2 fully saturated rings. The second-order valence-corrected chi connectivity index (χ2v) is 11.6. The zero-order valence-electron chi connectivity index (χ0n) is 16.3. The van der Waals surface area contributed by atoms with Crippen molar-refractivity contribution in [2.45, 2.75) is 66.8 Å². The zero-order valence-corrected chi connectivity index (χ0v) is 17.9. The highest BCUT2D eigenvalue weighted by molar-refractivity contribution is 7.88. The Morgan fingerprint density at radius 2 is 1.00 bits per heavy atom. The molecule has 0 amide bonds. The van der Waals surface area contributed by atoms with Crippen molar-refractivity contribution in [1.82, 2.24) is 0 Å². The lowest BCUT2D eigenvalue weighted by atomic mass is 9.81. The van der Waals surface area contributed by atoms with Gasteiger partial charge in [-0.25, -0.2) is 0 Å². The van der Waals surface area contributed by atoms with Crippen molar-refractivity contribution in [3.8, 4) is 11.5 Å². The Morgan fingerprint density at radius 1 is 0.636 bits per heavy atom. The van der Waals surface area contributed by atoms with Gasteiger partial charge in [0, 0.05) is 34.1 Å². The molecule has 0 unspecified atom stereocenters. The first kappa shape index (κ1) is 22.7. The molecule has 0 aliphatic heterocycles. The van der Waals surface area contributed by atoms with E-state index in [1.807, 2.05) is 0 Å². The summed E-state index contributed by atoms with van der Waals surface area (Å²) in [7, 11) is -12.3. The van der Waals surface area contributed by atoms with Crippen molar-refractivity contribution < 1.29 is 56.3 Å². The van der Waals surface area contributed by atoms with Gasteiger partial charge >= 0.3 is 31.3 Å². The third kappa shape index (κ3) is 3.03. The Hall–Kier alpha value is -2.03. The molecule has 0 spiro atoms. The quantitative estimate of drug-likeness (QED) is 0.335. The van der Waals surface area contributed by atoms with Crippen LogP contribution in [0.1, 0.15) is 78.0 Å². The van der Waals surface area contributed by atoms with Gasteiger partial charge in [-0.05, 0) is 43.9 Å². The Kier molecular flexibility index (Phi) is 4.51. The van der Waals surface area contributed by atoms with E-state index in [1.54, 1.807) is 0 Å². The van der Waals surface area contributed by atoms with Gasteiger partial charge in [0.1, 0.15) is 5.78 Å². The van der Waals surface area contributed by atoms with E-state index >= 15 is 0 Å². The van der Waals surface area contributed by atoms with Crippen LogP contribution in [-0.2, 0) is 25.0 Å². The molecule has 0 heterocycles. The number of carbonyl (C=O) groups excluding carboxylic acids is 1. The lowest BCUT2D eigenvalue weighted by Crippen LogP contribution is -2.30. The van der Waals surface area contributed by atoms with Crippen LogP contribution in [0.3, 0.4) is 0 Å². The van der Waals surface area contributed by atoms with Gasteiger partial charge in [0.05, 0.1) is 0 Å². The predicted molar refractivity (Wildman–Crippen MR) is 96.7 cm³/mol. The molecule has 5 rings (SSSR count). The third-order valence-electron chi connectivity index (χ3n) is 6.89. The van der Waals surface area contributed by atoms with Crippen LogP contribution < -0.4 is 8.37 Å². The number of ketones is 1. The van der Waals surface area contributed by atoms with Gasteiger partial charge in [-0.1, -0.05) is 0 Å². The number of halogens is 6. The van der Waals surface area contributed by atoms with E-state index in [9.17, 15) is 48.0 Å². The molecule has 7 nitrogen and oxygen atoms in total. The monoisotopic (exact) mass is 520 g/mol. The minimum atomic E-state index is -6.17. The summed E-state index contributed by atoms with van der Waals surface area (Å²) >= 11 is 0. The molecule has 0 radical (unpaired) electrons. The number of carbonyl (C=O) groups is 1. The van der Waals surface area contributed by atoms with Gasteiger partial charge in [0.25, 0.3) is 0 Å². The van der Waals surface area contributed by atoms with Gasteiger partial charge in [-0.15, -0.1) is 0 Å². The first-order valence-electron chi connectivity index (χ1n) is 9.84. The summed E-state index contributed by atoms with van der Waals surface area (Å²) in [5.41, 5.74) is -12.5. The molecule has 4 aliphatic carbocycles. The van der Waals surface area contributed by atoms with Gasteiger partial charge in [-0.2, -0.15) is 43.2 Å². The molecular formula is C18H14F6O7S2. The second-order valence-electron chi connectivity index (χ2n) is 8.57. The standard InChI is InChI=1S/C18H14F6O7S2/c19-17(20,21)32(26,27)30-15-10-6-1-2-7(5-6)11(10)16(31-33(28,29)18(22,23)24)13-9-4-3-8(12(13)15)14(9)25/h6-9H,1-5H2/t6-,7+,8+,9-. The van der Waals surface area contributed by atoms with Crippen LogP contribution >= 0.6 is 0 Å². The number of alkyl halides is 6. The normalized spacial score (nSPS) is 28.2. The van der Waals surface area contributed by atoms with E-state index in [0.29, 0.717) is 12.8 Å². The van der Waals surface area contributed by atoms with Gasteiger partial charge < -0.3 is 8.37 Å². The van der Waals surface area contributed by atoms with Crippen LogP contribution in [-0.4, -0.2) is 33.6 Å². The molecule has 0 aromatic heterocycles. The summed E-state index contributed by atoms with van der Waals surface area (Å²) in [6.07, 6.45) is 1.24. The third-order valence-corrected chi connectivity index (χ3v) is 8.79. The number of hydrogen-bond acceptors (Lipinski definition) is 7.